The molecule has 0 bridgehead atoms. The number of hydrogen-bond acceptors (Lipinski definition) is 2. The van der Waals surface area contributed by atoms with E-state index in [1.807, 2.05) is 0 Å². The standard InChI is InChI=1S/C23H13Cl2F3N2O/c24-16-10-8-14(19(25)13-16)9-11-21-29-20-7-2-1-6-18(20)22(31)30(21)17-5-3-4-15(12-17)23(26,27)28/h1-13H. The average molecular weight is 461 g/mol. The van der Waals surface area contributed by atoms with Gasteiger partial charge in [-0.15, -0.1) is 0 Å². The van der Waals surface area contributed by atoms with Crippen molar-refractivity contribution in [2.24, 2.45) is 0 Å². The van der Waals surface area contributed by atoms with E-state index in [1.165, 1.54) is 18.2 Å². The van der Waals surface area contributed by atoms with Crippen LogP contribution in [0.3, 0.4) is 0 Å². The lowest BCUT2D eigenvalue weighted by Gasteiger charge is -2.14. The van der Waals surface area contributed by atoms with Gasteiger partial charge in [0.25, 0.3) is 5.56 Å². The molecule has 0 saturated carbocycles. The van der Waals surface area contributed by atoms with Crippen LogP contribution in [-0.2, 0) is 6.18 Å². The fourth-order valence-electron chi connectivity index (χ4n) is 3.13. The van der Waals surface area contributed by atoms with Crippen molar-refractivity contribution >= 4 is 46.3 Å². The summed E-state index contributed by atoms with van der Waals surface area (Å²) in [5.41, 5.74) is -0.242. The molecule has 4 rings (SSSR count). The van der Waals surface area contributed by atoms with Gasteiger partial charge in [-0.25, -0.2) is 4.98 Å². The largest absolute Gasteiger partial charge is 0.416 e. The number of rotatable bonds is 3. The maximum absolute atomic E-state index is 13.2. The van der Waals surface area contributed by atoms with E-state index in [1.54, 1.807) is 48.5 Å². The van der Waals surface area contributed by atoms with Crippen LogP contribution >= 0.6 is 23.2 Å². The van der Waals surface area contributed by atoms with E-state index in [4.69, 9.17) is 23.2 Å². The molecule has 0 aliphatic carbocycles. The van der Waals surface area contributed by atoms with E-state index in [0.29, 0.717) is 26.5 Å². The van der Waals surface area contributed by atoms with Crippen molar-refractivity contribution in [2.45, 2.75) is 6.18 Å². The Morgan fingerprint density at radius 2 is 1.68 bits per heavy atom. The fourth-order valence-corrected chi connectivity index (χ4v) is 3.61. The molecule has 3 aromatic carbocycles. The number of alkyl halides is 3. The first kappa shape index (κ1) is 21.2. The summed E-state index contributed by atoms with van der Waals surface area (Å²) in [5.74, 6) is 0.161. The number of para-hydroxylation sites is 1. The SMILES string of the molecule is O=c1c2ccccc2nc(C=Cc2ccc(Cl)cc2Cl)n1-c1cccc(C(F)(F)F)c1. The van der Waals surface area contributed by atoms with Crippen LogP contribution in [0.4, 0.5) is 13.2 Å². The monoisotopic (exact) mass is 460 g/mol. The maximum Gasteiger partial charge on any atom is 0.416 e. The van der Waals surface area contributed by atoms with E-state index in [0.717, 1.165) is 16.7 Å². The number of halogens is 5. The molecule has 0 aliphatic heterocycles. The van der Waals surface area contributed by atoms with Gasteiger partial charge >= 0.3 is 6.18 Å². The number of benzene rings is 3. The molecule has 0 N–H and O–H groups in total. The number of nitrogens with zero attached hydrogens (tertiary/aromatic N) is 2. The van der Waals surface area contributed by atoms with Gasteiger partial charge in [0, 0.05) is 10.0 Å². The summed E-state index contributed by atoms with van der Waals surface area (Å²) in [6.45, 7) is 0. The molecule has 1 heterocycles. The molecule has 3 nitrogen and oxygen atoms in total. The first-order valence-corrected chi connectivity index (χ1v) is 9.82. The van der Waals surface area contributed by atoms with Gasteiger partial charge < -0.3 is 0 Å². The zero-order chi connectivity index (χ0) is 22.2. The molecule has 8 heteroatoms. The van der Waals surface area contributed by atoms with Gasteiger partial charge in [0.2, 0.25) is 0 Å². The summed E-state index contributed by atoms with van der Waals surface area (Å²) < 4.78 is 40.9. The quantitative estimate of drug-likeness (QED) is 0.333. The van der Waals surface area contributed by atoms with Crippen molar-refractivity contribution in [3.05, 3.63) is 104 Å². The lowest BCUT2D eigenvalue weighted by molar-refractivity contribution is -0.137. The van der Waals surface area contributed by atoms with Gasteiger partial charge in [-0.05, 0) is 60.2 Å². The first-order valence-electron chi connectivity index (χ1n) is 9.06. The molecule has 0 saturated heterocycles. The Labute approximate surface area is 185 Å². The zero-order valence-electron chi connectivity index (χ0n) is 15.7. The van der Waals surface area contributed by atoms with E-state index in [2.05, 4.69) is 4.98 Å². The van der Waals surface area contributed by atoms with Gasteiger partial charge in [-0.3, -0.25) is 9.36 Å². The molecule has 0 atom stereocenters. The van der Waals surface area contributed by atoms with Crippen molar-refractivity contribution in [3.8, 4) is 5.69 Å². The second-order valence-corrected chi connectivity index (χ2v) is 7.52. The molecule has 0 aliphatic rings. The summed E-state index contributed by atoms with van der Waals surface area (Å²) in [5, 5.41) is 1.14. The Morgan fingerprint density at radius 1 is 0.903 bits per heavy atom. The summed E-state index contributed by atoms with van der Waals surface area (Å²) in [4.78, 5) is 17.7. The summed E-state index contributed by atoms with van der Waals surface area (Å²) in [6.07, 6.45) is -1.39. The number of aromatic nitrogens is 2. The molecule has 0 radical (unpaired) electrons. The normalized spacial score (nSPS) is 12.0. The molecule has 0 spiro atoms. The van der Waals surface area contributed by atoms with Crippen molar-refractivity contribution < 1.29 is 13.2 Å². The van der Waals surface area contributed by atoms with Gasteiger partial charge in [0.15, 0.2) is 0 Å². The second-order valence-electron chi connectivity index (χ2n) is 6.67. The van der Waals surface area contributed by atoms with Gasteiger partial charge in [0.1, 0.15) is 5.82 Å². The highest BCUT2D eigenvalue weighted by Gasteiger charge is 2.30. The average Bonchev–Trinajstić information content (AvgIpc) is 2.73. The molecule has 4 aromatic rings. The smallest absolute Gasteiger partial charge is 0.268 e. The van der Waals surface area contributed by atoms with Gasteiger partial charge in [-0.1, -0.05) is 47.5 Å². The predicted octanol–water partition coefficient (Wildman–Crippen LogP) is 6.88. The van der Waals surface area contributed by atoms with Crippen molar-refractivity contribution in [3.63, 3.8) is 0 Å². The molecule has 1 aromatic heterocycles. The molecule has 0 amide bonds. The minimum absolute atomic E-state index is 0.0555. The molecule has 156 valence electrons. The minimum Gasteiger partial charge on any atom is -0.268 e. The topological polar surface area (TPSA) is 34.9 Å². The van der Waals surface area contributed by atoms with Crippen molar-refractivity contribution in [1.29, 1.82) is 0 Å². The van der Waals surface area contributed by atoms with Crippen molar-refractivity contribution in [1.82, 2.24) is 9.55 Å². The van der Waals surface area contributed by atoms with Crippen LogP contribution in [0.1, 0.15) is 17.0 Å². The van der Waals surface area contributed by atoms with Crippen LogP contribution in [0.15, 0.2) is 71.5 Å². The third-order valence-corrected chi connectivity index (χ3v) is 5.17. The lowest BCUT2D eigenvalue weighted by Crippen LogP contribution is -2.22. The molecule has 0 fully saturated rings. The van der Waals surface area contributed by atoms with E-state index >= 15 is 0 Å². The minimum atomic E-state index is -4.54. The lowest BCUT2D eigenvalue weighted by atomic mass is 10.1. The van der Waals surface area contributed by atoms with E-state index in [-0.39, 0.29) is 11.5 Å². The summed E-state index contributed by atoms with van der Waals surface area (Å²) in [7, 11) is 0. The zero-order valence-corrected chi connectivity index (χ0v) is 17.2. The van der Waals surface area contributed by atoms with Crippen LogP contribution in [0.25, 0.3) is 28.7 Å². The Kier molecular flexibility index (Phi) is 5.60. The number of hydrogen-bond donors (Lipinski definition) is 0. The first-order chi connectivity index (χ1) is 14.7. The Morgan fingerprint density at radius 3 is 2.42 bits per heavy atom. The fraction of sp³-hybridized carbons (Fsp3) is 0.0435. The molecule has 0 unspecified atom stereocenters. The van der Waals surface area contributed by atoms with Crippen LogP contribution in [0.2, 0.25) is 10.0 Å². The Hall–Kier alpha value is -3.09. The van der Waals surface area contributed by atoms with Gasteiger partial charge in [0.05, 0.1) is 22.2 Å². The Balaban J connectivity index is 1.95. The summed E-state index contributed by atoms with van der Waals surface area (Å²) >= 11 is 12.1. The van der Waals surface area contributed by atoms with Gasteiger partial charge in [-0.2, -0.15) is 13.2 Å². The highest BCUT2D eigenvalue weighted by Crippen LogP contribution is 2.30. The van der Waals surface area contributed by atoms with Crippen LogP contribution in [0.5, 0.6) is 0 Å². The molecular weight excluding hydrogens is 448 g/mol. The molecule has 31 heavy (non-hydrogen) atoms. The second kappa shape index (κ2) is 8.21. The maximum atomic E-state index is 13.2. The predicted molar refractivity (Wildman–Crippen MR) is 118 cm³/mol. The summed E-state index contributed by atoms with van der Waals surface area (Å²) in [6, 6.07) is 16.1. The number of fused-ring (bicyclic) bond motifs is 1. The highest BCUT2D eigenvalue weighted by atomic mass is 35.5. The van der Waals surface area contributed by atoms with E-state index < -0.39 is 17.3 Å². The third-order valence-electron chi connectivity index (χ3n) is 4.61. The van der Waals surface area contributed by atoms with Crippen LogP contribution in [0, 0.1) is 0 Å². The molecular formula is C23H13Cl2F3N2O. The van der Waals surface area contributed by atoms with E-state index in [9.17, 15) is 18.0 Å². The van der Waals surface area contributed by atoms with Crippen LogP contribution in [-0.4, -0.2) is 9.55 Å². The third kappa shape index (κ3) is 4.36. The Bertz CT molecular complexity index is 1380. The van der Waals surface area contributed by atoms with Crippen molar-refractivity contribution in [2.75, 3.05) is 0 Å². The van der Waals surface area contributed by atoms with Crippen LogP contribution < -0.4 is 5.56 Å². The highest BCUT2D eigenvalue weighted by molar-refractivity contribution is 6.35.